The van der Waals surface area contributed by atoms with E-state index in [4.69, 9.17) is 5.73 Å². The van der Waals surface area contributed by atoms with Crippen molar-refractivity contribution in [3.8, 4) is 0 Å². The zero-order valence-corrected chi connectivity index (χ0v) is 16.6. The van der Waals surface area contributed by atoms with E-state index in [-0.39, 0.29) is 12.3 Å². The second kappa shape index (κ2) is 8.17. The van der Waals surface area contributed by atoms with Crippen LogP contribution in [0.15, 0.2) is 0 Å². The molecule has 0 saturated carbocycles. The highest BCUT2D eigenvalue weighted by atomic mass is 32.1. The fourth-order valence-corrected chi connectivity index (χ4v) is 4.72. The van der Waals surface area contributed by atoms with Gasteiger partial charge in [-0.2, -0.15) is 39.5 Å². The lowest BCUT2D eigenvalue weighted by atomic mass is 9.84. The Morgan fingerprint density at radius 1 is 1.06 bits per heavy atom. The molecule has 1 atom stereocenters. The van der Waals surface area contributed by atoms with E-state index >= 15 is 0 Å². The van der Waals surface area contributed by atoms with Crippen molar-refractivity contribution in [2.45, 2.75) is 63.0 Å². The fraction of sp³-hybridized carbons (Fsp3) is 0.647. The minimum absolute atomic E-state index is 0.164. The number of primary amides is 1. The molecule has 0 aliphatic heterocycles. The topological polar surface area (TPSA) is 72.2 Å². The summed E-state index contributed by atoms with van der Waals surface area (Å²) in [6.07, 6.45) is -4.19. The molecule has 0 saturated heterocycles. The van der Waals surface area contributed by atoms with Crippen LogP contribution in [0, 0.1) is 5.92 Å². The van der Waals surface area contributed by atoms with Crippen molar-refractivity contribution in [1.82, 2.24) is 0 Å². The maximum absolute atomic E-state index is 13.8. The summed E-state index contributed by atoms with van der Waals surface area (Å²) in [7, 11) is 0. The first-order chi connectivity index (χ1) is 14.0. The Balaban J connectivity index is 2.40. The van der Waals surface area contributed by atoms with Crippen molar-refractivity contribution in [3.05, 3.63) is 16.0 Å². The Morgan fingerprint density at radius 3 is 2.13 bits per heavy atom. The molecule has 0 unspecified atom stereocenters. The van der Waals surface area contributed by atoms with Gasteiger partial charge in [0.05, 0.1) is 5.56 Å². The molecule has 31 heavy (non-hydrogen) atoms. The summed E-state index contributed by atoms with van der Waals surface area (Å²) in [6, 6.07) is 0. The number of carbonyl (C=O) groups is 2. The minimum atomic E-state index is -7.20. The molecule has 1 aromatic heterocycles. The van der Waals surface area contributed by atoms with Crippen LogP contribution >= 0.6 is 11.3 Å². The molecule has 1 heterocycles. The van der Waals surface area contributed by atoms with Gasteiger partial charge in [-0.25, -0.2) is 0 Å². The van der Waals surface area contributed by atoms with E-state index in [1.165, 1.54) is 5.32 Å². The van der Waals surface area contributed by atoms with Crippen molar-refractivity contribution < 1.29 is 49.1 Å². The molecular formula is C17H17F9N2O2S. The maximum Gasteiger partial charge on any atom is 0.460 e. The molecule has 0 radical (unpaired) electrons. The van der Waals surface area contributed by atoms with Crippen LogP contribution in [-0.4, -0.2) is 35.8 Å². The highest BCUT2D eigenvalue weighted by Gasteiger charge is 2.83. The zero-order chi connectivity index (χ0) is 24.0. The number of amides is 2. The van der Waals surface area contributed by atoms with Crippen LogP contribution in [0.25, 0.3) is 0 Å². The Hall–Kier alpha value is -1.99. The highest BCUT2D eigenvalue weighted by Crippen LogP contribution is 2.53. The number of hydrogen-bond acceptors (Lipinski definition) is 3. The molecule has 14 heteroatoms. The molecule has 0 bridgehead atoms. The lowest BCUT2D eigenvalue weighted by Crippen LogP contribution is -2.64. The first kappa shape index (κ1) is 25.3. The predicted molar refractivity (Wildman–Crippen MR) is 92.8 cm³/mol. The standard InChI is InChI=1S/C17H17F9N2O2S/c1-2-3-7-4-5-8-9(6-7)31-12(10(8)11(27)29)28-13(30)14(18,19)15(20,21)16(22,23)17(24,25)26/h7H,2-6H2,1H3,(H2,27,29)(H,28,30)/t7-/m1/s1. The first-order valence-electron chi connectivity index (χ1n) is 8.94. The molecule has 2 amide bonds. The number of thiophene rings is 1. The Labute approximate surface area is 174 Å². The molecule has 3 N–H and O–H groups in total. The van der Waals surface area contributed by atoms with Gasteiger partial charge in [-0.05, 0) is 30.7 Å². The number of carbonyl (C=O) groups excluding carboxylic acids is 2. The van der Waals surface area contributed by atoms with Crippen molar-refractivity contribution >= 4 is 28.2 Å². The van der Waals surface area contributed by atoms with Crippen molar-refractivity contribution in [2.75, 3.05) is 5.32 Å². The molecule has 2 rings (SSSR count). The van der Waals surface area contributed by atoms with Gasteiger partial charge in [0.15, 0.2) is 0 Å². The van der Waals surface area contributed by atoms with Crippen LogP contribution < -0.4 is 11.1 Å². The van der Waals surface area contributed by atoms with Crippen molar-refractivity contribution in [2.24, 2.45) is 11.7 Å². The van der Waals surface area contributed by atoms with E-state index < -0.39 is 46.3 Å². The van der Waals surface area contributed by atoms with Crippen LogP contribution in [0.2, 0.25) is 0 Å². The second-order valence-electron chi connectivity index (χ2n) is 7.14. The summed E-state index contributed by atoms with van der Waals surface area (Å²) < 4.78 is 117. The number of halogens is 9. The summed E-state index contributed by atoms with van der Waals surface area (Å²) in [4.78, 5) is 23.9. The third-order valence-electron chi connectivity index (χ3n) is 4.97. The number of hydrogen-bond donors (Lipinski definition) is 2. The van der Waals surface area contributed by atoms with Gasteiger partial charge in [-0.1, -0.05) is 19.8 Å². The Bertz CT molecular complexity index is 865. The summed E-state index contributed by atoms with van der Waals surface area (Å²) in [5.41, 5.74) is 5.03. The molecule has 1 aliphatic carbocycles. The van der Waals surface area contributed by atoms with Gasteiger partial charge in [-0.15, -0.1) is 11.3 Å². The Kier molecular flexibility index (Phi) is 6.66. The molecule has 176 valence electrons. The fourth-order valence-electron chi connectivity index (χ4n) is 3.36. The third kappa shape index (κ3) is 4.22. The zero-order valence-electron chi connectivity index (χ0n) is 15.8. The van der Waals surface area contributed by atoms with Crippen LogP contribution in [0.1, 0.15) is 47.0 Å². The van der Waals surface area contributed by atoms with E-state index in [2.05, 4.69) is 0 Å². The number of alkyl halides is 9. The van der Waals surface area contributed by atoms with E-state index in [9.17, 15) is 49.1 Å². The largest absolute Gasteiger partial charge is 0.460 e. The van der Waals surface area contributed by atoms with Gasteiger partial charge < -0.3 is 11.1 Å². The lowest BCUT2D eigenvalue weighted by Gasteiger charge is -2.32. The van der Waals surface area contributed by atoms with Gasteiger partial charge in [-0.3, -0.25) is 9.59 Å². The predicted octanol–water partition coefficient (Wildman–Crippen LogP) is 5.16. The number of nitrogens with one attached hydrogen (secondary N) is 1. The van der Waals surface area contributed by atoms with Gasteiger partial charge in [0, 0.05) is 4.88 Å². The summed E-state index contributed by atoms with van der Waals surface area (Å²) in [6.45, 7) is 1.92. The third-order valence-corrected chi connectivity index (χ3v) is 6.14. The van der Waals surface area contributed by atoms with E-state index in [1.807, 2.05) is 6.92 Å². The molecule has 0 aromatic carbocycles. The van der Waals surface area contributed by atoms with E-state index in [0.717, 1.165) is 12.8 Å². The monoisotopic (exact) mass is 484 g/mol. The molecule has 1 aromatic rings. The molecule has 0 spiro atoms. The molecule has 4 nitrogen and oxygen atoms in total. The number of nitrogens with two attached hydrogens (primary N) is 1. The molecular weight excluding hydrogens is 467 g/mol. The molecule has 0 fully saturated rings. The van der Waals surface area contributed by atoms with E-state index in [0.29, 0.717) is 34.6 Å². The normalized spacial score (nSPS) is 17.9. The second-order valence-corrected chi connectivity index (χ2v) is 8.25. The number of rotatable bonds is 7. The number of fused-ring (bicyclic) bond motifs is 1. The van der Waals surface area contributed by atoms with Crippen LogP contribution in [-0.2, 0) is 17.6 Å². The van der Waals surface area contributed by atoms with Crippen molar-refractivity contribution in [1.29, 1.82) is 0 Å². The Morgan fingerprint density at radius 2 is 1.65 bits per heavy atom. The van der Waals surface area contributed by atoms with Gasteiger partial charge in [0.1, 0.15) is 5.00 Å². The summed E-state index contributed by atoms with van der Waals surface area (Å²) in [5, 5.41) is 0.511. The van der Waals surface area contributed by atoms with Gasteiger partial charge >= 0.3 is 29.9 Å². The van der Waals surface area contributed by atoms with E-state index in [1.54, 1.807) is 0 Å². The molecule has 1 aliphatic rings. The highest BCUT2D eigenvalue weighted by molar-refractivity contribution is 7.17. The SMILES string of the molecule is CCC[C@@H]1CCc2c(sc(NC(=O)C(F)(F)C(F)(F)C(F)(F)C(F)(F)F)c2C(N)=O)C1. The van der Waals surface area contributed by atoms with Crippen LogP contribution in [0.3, 0.4) is 0 Å². The average molecular weight is 484 g/mol. The summed E-state index contributed by atoms with van der Waals surface area (Å²) in [5.74, 6) is -24.9. The quantitative estimate of drug-likeness (QED) is 0.525. The van der Waals surface area contributed by atoms with Gasteiger partial charge in [0.25, 0.3) is 5.91 Å². The lowest BCUT2D eigenvalue weighted by molar-refractivity contribution is -0.388. The van der Waals surface area contributed by atoms with Crippen LogP contribution in [0.4, 0.5) is 44.5 Å². The maximum atomic E-state index is 13.8. The average Bonchev–Trinajstić information content (AvgIpc) is 2.97. The van der Waals surface area contributed by atoms with Gasteiger partial charge in [0.2, 0.25) is 0 Å². The first-order valence-corrected chi connectivity index (χ1v) is 9.76. The smallest absolute Gasteiger partial charge is 0.365 e. The van der Waals surface area contributed by atoms with Crippen LogP contribution in [0.5, 0.6) is 0 Å². The van der Waals surface area contributed by atoms with Crippen molar-refractivity contribution in [3.63, 3.8) is 0 Å². The number of anilines is 1. The summed E-state index contributed by atoms with van der Waals surface area (Å²) >= 11 is 0.567. The minimum Gasteiger partial charge on any atom is -0.365 e.